The van der Waals surface area contributed by atoms with Gasteiger partial charge in [-0.25, -0.2) is 0 Å². The van der Waals surface area contributed by atoms with Crippen molar-refractivity contribution in [3.05, 3.63) is 132 Å². The Bertz CT molecular complexity index is 2370. The van der Waals surface area contributed by atoms with Gasteiger partial charge in [0, 0.05) is 60.5 Å². The fourth-order valence-electron chi connectivity index (χ4n) is 7.74. The van der Waals surface area contributed by atoms with E-state index in [4.69, 9.17) is 0 Å². The molecule has 8 aromatic rings. The zero-order chi connectivity index (χ0) is 28.8. The minimum Gasteiger partial charge on any atom is -0.376 e. The molecule has 2 N–H and O–H groups in total. The number of benzene rings is 6. The molecule has 3 nitrogen and oxygen atoms in total. The summed E-state index contributed by atoms with van der Waals surface area (Å²) in [5.41, 5.74) is 16.3. The SMILES string of the molecule is Cc1cc(C)c(B2c3cc4c(cc3-c3cc5[nH]c6ccccc6c5cc3N2c2ccccc2)[nH]c2ccccc24)c(C)c1. The average Bonchev–Trinajstić information content (AvgIpc) is 3.56. The van der Waals surface area contributed by atoms with Crippen molar-refractivity contribution in [2.75, 3.05) is 4.81 Å². The summed E-state index contributed by atoms with van der Waals surface area (Å²) in [4.78, 5) is 10.0. The maximum Gasteiger partial charge on any atom is 0.329 e. The number of hydrogen-bond donors (Lipinski definition) is 2. The molecule has 0 radical (unpaired) electrons. The van der Waals surface area contributed by atoms with Gasteiger partial charge in [-0.1, -0.05) is 89.5 Å². The zero-order valence-corrected chi connectivity index (χ0v) is 24.5. The molecule has 2 aromatic heterocycles. The summed E-state index contributed by atoms with van der Waals surface area (Å²) in [7, 11) is 0. The monoisotopic (exact) mass is 551 g/mol. The predicted molar refractivity (Wildman–Crippen MR) is 185 cm³/mol. The maximum absolute atomic E-state index is 3.72. The maximum atomic E-state index is 3.72. The molecule has 0 saturated heterocycles. The molecule has 4 heteroatoms. The van der Waals surface area contributed by atoms with Gasteiger partial charge >= 0.3 is 6.85 Å². The summed E-state index contributed by atoms with van der Waals surface area (Å²) in [6, 6.07) is 42.6. The molecule has 6 aromatic carbocycles. The number of nitrogens with zero attached hydrogens (tertiary/aromatic N) is 1. The molecule has 1 aliphatic rings. The van der Waals surface area contributed by atoms with Gasteiger partial charge in [0.05, 0.1) is 0 Å². The molecule has 0 atom stereocenters. The van der Waals surface area contributed by atoms with Gasteiger partial charge in [0.25, 0.3) is 0 Å². The van der Waals surface area contributed by atoms with Crippen LogP contribution in [0.25, 0.3) is 54.7 Å². The number of para-hydroxylation sites is 3. The van der Waals surface area contributed by atoms with Crippen LogP contribution in [-0.2, 0) is 0 Å². The number of aromatic amines is 2. The number of anilines is 2. The van der Waals surface area contributed by atoms with Crippen molar-refractivity contribution in [1.29, 1.82) is 0 Å². The molecule has 3 heterocycles. The molecule has 0 unspecified atom stereocenters. The van der Waals surface area contributed by atoms with Gasteiger partial charge in [0.1, 0.15) is 0 Å². The molecule has 204 valence electrons. The molecular weight excluding hydrogens is 521 g/mol. The summed E-state index contributed by atoms with van der Waals surface area (Å²) in [5, 5.41) is 5.04. The van der Waals surface area contributed by atoms with Crippen LogP contribution in [0.3, 0.4) is 0 Å². The number of aromatic nitrogens is 2. The third kappa shape index (κ3) is 3.50. The Morgan fingerprint density at radius 2 is 1.07 bits per heavy atom. The van der Waals surface area contributed by atoms with Crippen LogP contribution in [-0.4, -0.2) is 16.8 Å². The number of H-pyrrole nitrogens is 2. The van der Waals surface area contributed by atoms with E-state index in [0.29, 0.717) is 0 Å². The highest BCUT2D eigenvalue weighted by Crippen LogP contribution is 2.44. The second kappa shape index (κ2) is 8.89. The van der Waals surface area contributed by atoms with Gasteiger partial charge in [-0.3, -0.25) is 0 Å². The Balaban J connectivity index is 1.46. The van der Waals surface area contributed by atoms with E-state index >= 15 is 0 Å². The summed E-state index contributed by atoms with van der Waals surface area (Å²) >= 11 is 0. The molecule has 9 rings (SSSR count). The van der Waals surface area contributed by atoms with Crippen LogP contribution in [0.4, 0.5) is 11.4 Å². The largest absolute Gasteiger partial charge is 0.376 e. The van der Waals surface area contributed by atoms with E-state index in [-0.39, 0.29) is 6.85 Å². The second-order valence-electron chi connectivity index (χ2n) is 12.2. The lowest BCUT2D eigenvalue weighted by Gasteiger charge is -2.40. The van der Waals surface area contributed by atoms with Crippen molar-refractivity contribution < 1.29 is 0 Å². The first-order valence-electron chi connectivity index (χ1n) is 15.1. The normalized spacial score (nSPS) is 12.9. The van der Waals surface area contributed by atoms with Crippen LogP contribution in [0.15, 0.2) is 115 Å². The van der Waals surface area contributed by atoms with Crippen LogP contribution in [0.1, 0.15) is 16.7 Å². The van der Waals surface area contributed by atoms with Gasteiger partial charge in [-0.15, -0.1) is 0 Å². The van der Waals surface area contributed by atoms with Crippen LogP contribution in [0.2, 0.25) is 0 Å². The summed E-state index contributed by atoms with van der Waals surface area (Å²) in [6.45, 7) is 6.76. The standard InChI is InChI=1S/C39H30BN3/c1-23-17-24(2)39(25(3)18-23)40-33-19-30-27-13-7-9-15-34(27)41-36(30)20-29(33)32-21-37-31(28-14-8-10-16-35(28)42-37)22-38(32)43(40)26-11-5-4-6-12-26/h4-22,41-42H,1-3H3. The van der Waals surface area contributed by atoms with E-state index in [1.165, 1.54) is 88.2 Å². The highest BCUT2D eigenvalue weighted by Gasteiger charge is 2.39. The fourth-order valence-corrected chi connectivity index (χ4v) is 7.74. The lowest BCUT2D eigenvalue weighted by molar-refractivity contribution is 1.32. The van der Waals surface area contributed by atoms with Gasteiger partial charge in [0.15, 0.2) is 0 Å². The quantitative estimate of drug-likeness (QED) is 0.207. The lowest BCUT2D eigenvalue weighted by Crippen LogP contribution is -2.59. The highest BCUT2D eigenvalue weighted by molar-refractivity contribution is 6.91. The Labute approximate surface area is 250 Å². The lowest BCUT2D eigenvalue weighted by atomic mass is 9.44. The predicted octanol–water partition coefficient (Wildman–Crippen LogP) is 8.81. The minimum absolute atomic E-state index is 0.00576. The van der Waals surface area contributed by atoms with Crippen LogP contribution >= 0.6 is 0 Å². The Kier molecular flexibility index (Phi) is 5.04. The van der Waals surface area contributed by atoms with E-state index in [0.717, 1.165) is 5.52 Å². The third-order valence-corrected chi connectivity index (χ3v) is 9.45. The molecule has 0 saturated carbocycles. The topological polar surface area (TPSA) is 34.8 Å². The van der Waals surface area contributed by atoms with Gasteiger partial charge in [-0.05, 0) is 79.7 Å². The molecule has 0 bridgehead atoms. The van der Waals surface area contributed by atoms with Crippen molar-refractivity contribution >= 4 is 72.8 Å². The van der Waals surface area contributed by atoms with Crippen LogP contribution in [0.5, 0.6) is 0 Å². The van der Waals surface area contributed by atoms with E-state index in [1.807, 2.05) is 0 Å². The summed E-state index contributed by atoms with van der Waals surface area (Å²) < 4.78 is 0. The molecular formula is C39H30BN3. The molecule has 1 aliphatic heterocycles. The molecule has 0 aliphatic carbocycles. The first-order chi connectivity index (χ1) is 21.0. The molecule has 0 amide bonds. The number of rotatable bonds is 2. The second-order valence-corrected chi connectivity index (χ2v) is 12.2. The van der Waals surface area contributed by atoms with Crippen molar-refractivity contribution in [1.82, 2.24) is 9.97 Å². The fraction of sp³-hybridized carbons (Fsp3) is 0.0769. The Hall–Kier alpha value is -5.22. The van der Waals surface area contributed by atoms with Gasteiger partial charge in [0.2, 0.25) is 0 Å². The number of hydrogen-bond acceptors (Lipinski definition) is 1. The smallest absolute Gasteiger partial charge is 0.329 e. The first kappa shape index (κ1) is 24.4. The highest BCUT2D eigenvalue weighted by atomic mass is 15.1. The Morgan fingerprint density at radius 1 is 0.512 bits per heavy atom. The molecule has 0 spiro atoms. The van der Waals surface area contributed by atoms with E-state index in [9.17, 15) is 0 Å². The number of nitrogens with one attached hydrogen (secondary N) is 2. The molecule has 43 heavy (non-hydrogen) atoms. The van der Waals surface area contributed by atoms with Crippen LogP contribution < -0.4 is 15.7 Å². The van der Waals surface area contributed by atoms with E-state index in [2.05, 4.69) is 151 Å². The van der Waals surface area contributed by atoms with Gasteiger partial charge in [-0.2, -0.15) is 0 Å². The van der Waals surface area contributed by atoms with Crippen molar-refractivity contribution in [3.63, 3.8) is 0 Å². The average molecular weight is 552 g/mol. The van der Waals surface area contributed by atoms with E-state index < -0.39 is 0 Å². The van der Waals surface area contributed by atoms with Crippen molar-refractivity contribution in [2.24, 2.45) is 0 Å². The number of fused-ring (bicyclic) bond motifs is 9. The number of aryl methyl sites for hydroxylation is 3. The third-order valence-electron chi connectivity index (χ3n) is 9.45. The zero-order valence-electron chi connectivity index (χ0n) is 24.5. The summed E-state index contributed by atoms with van der Waals surface area (Å²) in [5.74, 6) is 0. The Morgan fingerprint density at radius 3 is 1.72 bits per heavy atom. The van der Waals surface area contributed by atoms with E-state index in [1.54, 1.807) is 0 Å². The van der Waals surface area contributed by atoms with Crippen LogP contribution in [0, 0.1) is 20.8 Å². The van der Waals surface area contributed by atoms with Crippen molar-refractivity contribution in [2.45, 2.75) is 20.8 Å². The first-order valence-corrected chi connectivity index (χ1v) is 15.1. The van der Waals surface area contributed by atoms with Crippen molar-refractivity contribution in [3.8, 4) is 11.1 Å². The minimum atomic E-state index is 0.00576. The van der Waals surface area contributed by atoms with Gasteiger partial charge < -0.3 is 14.8 Å². The molecule has 0 fully saturated rings. The summed E-state index contributed by atoms with van der Waals surface area (Å²) in [6.07, 6.45) is 0.